The first-order valence-corrected chi connectivity index (χ1v) is 6.53. The van der Waals surface area contributed by atoms with E-state index in [1.54, 1.807) is 0 Å². The van der Waals surface area contributed by atoms with Gasteiger partial charge in [-0.2, -0.15) is 0 Å². The van der Waals surface area contributed by atoms with Crippen molar-refractivity contribution in [1.29, 1.82) is 0 Å². The number of likely N-dealkylation sites (tertiary alicyclic amines) is 1. The molecule has 0 bridgehead atoms. The molecule has 1 fully saturated rings. The molecule has 98 valence electrons. The molecule has 1 aliphatic heterocycles. The van der Waals surface area contributed by atoms with Crippen molar-refractivity contribution >= 4 is 5.84 Å². The van der Waals surface area contributed by atoms with Crippen LogP contribution in [0.15, 0.2) is 35.5 Å². The standard InChI is InChI=1S/C14H21N3O/c15-14(16-18)13-7-4-9-17(11-13)10-8-12-5-2-1-3-6-12/h1-3,5-6,13,18H,4,7-11H2,(H2,15,16). The highest BCUT2D eigenvalue weighted by Crippen LogP contribution is 2.17. The largest absolute Gasteiger partial charge is 0.409 e. The molecule has 0 aliphatic carbocycles. The molecule has 2 rings (SSSR count). The molecule has 1 aromatic carbocycles. The average molecular weight is 247 g/mol. The normalized spacial score (nSPS) is 22.0. The van der Waals surface area contributed by atoms with Crippen molar-refractivity contribution in [2.24, 2.45) is 16.8 Å². The van der Waals surface area contributed by atoms with Gasteiger partial charge in [-0.25, -0.2) is 0 Å². The van der Waals surface area contributed by atoms with Gasteiger partial charge in [0.15, 0.2) is 0 Å². The molecule has 1 heterocycles. The zero-order valence-corrected chi connectivity index (χ0v) is 10.6. The summed E-state index contributed by atoms with van der Waals surface area (Å²) in [4.78, 5) is 2.40. The van der Waals surface area contributed by atoms with Crippen LogP contribution < -0.4 is 5.73 Å². The smallest absolute Gasteiger partial charge is 0.143 e. The van der Waals surface area contributed by atoms with Gasteiger partial charge in [0.1, 0.15) is 5.84 Å². The van der Waals surface area contributed by atoms with Gasteiger partial charge in [0, 0.05) is 19.0 Å². The van der Waals surface area contributed by atoms with Gasteiger partial charge in [0.2, 0.25) is 0 Å². The lowest BCUT2D eigenvalue weighted by atomic mass is 9.96. The topological polar surface area (TPSA) is 61.9 Å². The van der Waals surface area contributed by atoms with Crippen molar-refractivity contribution in [1.82, 2.24) is 4.90 Å². The Morgan fingerprint density at radius 3 is 2.89 bits per heavy atom. The van der Waals surface area contributed by atoms with Crippen LogP contribution in [0.4, 0.5) is 0 Å². The molecule has 1 atom stereocenters. The zero-order chi connectivity index (χ0) is 12.8. The summed E-state index contributed by atoms with van der Waals surface area (Å²) in [5.41, 5.74) is 7.05. The van der Waals surface area contributed by atoms with Crippen LogP contribution in [0.3, 0.4) is 0 Å². The number of benzene rings is 1. The van der Waals surface area contributed by atoms with Crippen LogP contribution in [-0.2, 0) is 6.42 Å². The number of nitrogens with two attached hydrogens (primary N) is 1. The second kappa shape index (κ2) is 6.40. The van der Waals surface area contributed by atoms with E-state index in [9.17, 15) is 0 Å². The summed E-state index contributed by atoms with van der Waals surface area (Å²) in [5.74, 6) is 0.582. The molecule has 1 aromatic rings. The van der Waals surface area contributed by atoms with E-state index in [4.69, 9.17) is 10.9 Å². The van der Waals surface area contributed by atoms with Crippen molar-refractivity contribution in [3.05, 3.63) is 35.9 Å². The monoisotopic (exact) mass is 247 g/mol. The van der Waals surface area contributed by atoms with E-state index in [0.29, 0.717) is 5.84 Å². The van der Waals surface area contributed by atoms with Crippen LogP contribution in [0.5, 0.6) is 0 Å². The van der Waals surface area contributed by atoms with Crippen LogP contribution in [-0.4, -0.2) is 35.6 Å². The molecule has 1 unspecified atom stereocenters. The molecular weight excluding hydrogens is 226 g/mol. The second-order valence-electron chi connectivity index (χ2n) is 4.90. The van der Waals surface area contributed by atoms with Crippen molar-refractivity contribution < 1.29 is 5.21 Å². The summed E-state index contributed by atoms with van der Waals surface area (Å²) in [6, 6.07) is 10.5. The van der Waals surface area contributed by atoms with E-state index in [1.165, 1.54) is 5.56 Å². The Morgan fingerprint density at radius 1 is 1.39 bits per heavy atom. The maximum absolute atomic E-state index is 8.73. The number of hydrogen-bond donors (Lipinski definition) is 2. The molecule has 4 nitrogen and oxygen atoms in total. The fourth-order valence-electron chi connectivity index (χ4n) is 2.51. The summed E-state index contributed by atoms with van der Waals surface area (Å²) in [6.45, 7) is 3.06. The van der Waals surface area contributed by atoms with Gasteiger partial charge < -0.3 is 15.8 Å². The molecule has 3 N–H and O–H groups in total. The van der Waals surface area contributed by atoms with Crippen molar-refractivity contribution in [2.45, 2.75) is 19.3 Å². The first kappa shape index (κ1) is 12.9. The molecule has 4 heteroatoms. The number of piperidine rings is 1. The van der Waals surface area contributed by atoms with E-state index in [1.807, 2.05) is 6.07 Å². The van der Waals surface area contributed by atoms with Crippen molar-refractivity contribution in [2.75, 3.05) is 19.6 Å². The molecule has 1 saturated heterocycles. The Hall–Kier alpha value is -1.55. The Bertz CT molecular complexity index is 391. The molecule has 0 radical (unpaired) electrons. The van der Waals surface area contributed by atoms with Crippen LogP contribution >= 0.6 is 0 Å². The highest BCUT2D eigenvalue weighted by atomic mass is 16.4. The third-order valence-corrected chi connectivity index (χ3v) is 3.60. The number of rotatable bonds is 4. The number of nitrogens with zero attached hydrogens (tertiary/aromatic N) is 2. The summed E-state index contributed by atoms with van der Waals surface area (Å²) < 4.78 is 0. The summed E-state index contributed by atoms with van der Waals surface area (Å²) >= 11 is 0. The fourth-order valence-corrected chi connectivity index (χ4v) is 2.51. The highest BCUT2D eigenvalue weighted by Gasteiger charge is 2.22. The third-order valence-electron chi connectivity index (χ3n) is 3.60. The second-order valence-corrected chi connectivity index (χ2v) is 4.90. The fraction of sp³-hybridized carbons (Fsp3) is 0.500. The first-order chi connectivity index (χ1) is 8.79. The Morgan fingerprint density at radius 2 is 2.17 bits per heavy atom. The lowest BCUT2D eigenvalue weighted by Crippen LogP contribution is -2.42. The summed E-state index contributed by atoms with van der Waals surface area (Å²) in [7, 11) is 0. The quantitative estimate of drug-likeness (QED) is 0.368. The van der Waals surface area contributed by atoms with Gasteiger partial charge in [-0.05, 0) is 31.4 Å². The predicted octanol–water partition coefficient (Wildman–Crippen LogP) is 1.69. The van der Waals surface area contributed by atoms with Gasteiger partial charge in [-0.15, -0.1) is 0 Å². The lowest BCUT2D eigenvalue weighted by Gasteiger charge is -2.31. The Kier molecular flexibility index (Phi) is 4.59. The third kappa shape index (κ3) is 3.47. The van der Waals surface area contributed by atoms with Gasteiger partial charge >= 0.3 is 0 Å². The van der Waals surface area contributed by atoms with E-state index < -0.39 is 0 Å². The van der Waals surface area contributed by atoms with E-state index >= 15 is 0 Å². The zero-order valence-electron chi connectivity index (χ0n) is 10.6. The van der Waals surface area contributed by atoms with Gasteiger partial charge in [-0.1, -0.05) is 35.5 Å². The first-order valence-electron chi connectivity index (χ1n) is 6.53. The summed E-state index contributed by atoms with van der Waals surface area (Å²) in [5, 5.41) is 11.9. The molecule has 0 saturated carbocycles. The van der Waals surface area contributed by atoms with E-state index in [2.05, 4.69) is 34.3 Å². The SMILES string of the molecule is NC(=NO)C1CCCN(CCc2ccccc2)C1. The van der Waals surface area contributed by atoms with Gasteiger partial charge in [-0.3, -0.25) is 0 Å². The minimum Gasteiger partial charge on any atom is -0.409 e. The minimum absolute atomic E-state index is 0.208. The van der Waals surface area contributed by atoms with Crippen molar-refractivity contribution in [3.63, 3.8) is 0 Å². The Labute approximate surface area is 108 Å². The molecule has 1 aliphatic rings. The maximum atomic E-state index is 8.73. The van der Waals surface area contributed by atoms with E-state index in [0.717, 1.165) is 38.9 Å². The van der Waals surface area contributed by atoms with Gasteiger partial charge in [0.05, 0.1) is 0 Å². The van der Waals surface area contributed by atoms with Crippen LogP contribution in [0, 0.1) is 5.92 Å². The van der Waals surface area contributed by atoms with E-state index in [-0.39, 0.29) is 5.92 Å². The number of amidine groups is 1. The molecule has 18 heavy (non-hydrogen) atoms. The highest BCUT2D eigenvalue weighted by molar-refractivity contribution is 5.82. The molecule has 0 spiro atoms. The average Bonchev–Trinajstić information content (AvgIpc) is 2.45. The maximum Gasteiger partial charge on any atom is 0.143 e. The van der Waals surface area contributed by atoms with Crippen LogP contribution in [0.1, 0.15) is 18.4 Å². The van der Waals surface area contributed by atoms with Gasteiger partial charge in [0.25, 0.3) is 0 Å². The number of oxime groups is 1. The Balaban J connectivity index is 1.83. The number of hydrogen-bond acceptors (Lipinski definition) is 3. The van der Waals surface area contributed by atoms with Crippen LogP contribution in [0.2, 0.25) is 0 Å². The molecule has 0 aromatic heterocycles. The predicted molar refractivity (Wildman–Crippen MR) is 72.7 cm³/mol. The molecular formula is C14H21N3O. The minimum atomic E-state index is 0.208. The summed E-state index contributed by atoms with van der Waals surface area (Å²) in [6.07, 6.45) is 3.21. The van der Waals surface area contributed by atoms with Crippen molar-refractivity contribution in [3.8, 4) is 0 Å². The lowest BCUT2D eigenvalue weighted by molar-refractivity contribution is 0.202. The van der Waals surface area contributed by atoms with Crippen LogP contribution in [0.25, 0.3) is 0 Å². The molecule has 0 amide bonds.